The van der Waals surface area contributed by atoms with Crippen LogP contribution in [0.15, 0.2) is 23.2 Å². The lowest BCUT2D eigenvalue weighted by atomic mass is 10.2. The van der Waals surface area contributed by atoms with Gasteiger partial charge in [0.2, 0.25) is 0 Å². The van der Waals surface area contributed by atoms with E-state index in [-0.39, 0.29) is 0 Å². The van der Waals surface area contributed by atoms with Crippen molar-refractivity contribution in [3.63, 3.8) is 0 Å². The van der Waals surface area contributed by atoms with Gasteiger partial charge < -0.3 is 24.7 Å². The number of aliphatic imine (C=N–C) groups is 1. The summed E-state index contributed by atoms with van der Waals surface area (Å²) in [6, 6.07) is 6.55. The minimum absolute atomic E-state index is 0.502. The zero-order valence-corrected chi connectivity index (χ0v) is 19.4. The number of fused-ring (bicyclic) bond motifs is 1. The van der Waals surface area contributed by atoms with E-state index in [4.69, 9.17) is 14.5 Å². The lowest BCUT2D eigenvalue weighted by molar-refractivity contribution is 0.267. The number of para-hydroxylation sites is 1. The molecular formula is C23H35N7O2. The highest BCUT2D eigenvalue weighted by Gasteiger charge is 2.23. The van der Waals surface area contributed by atoms with Crippen molar-refractivity contribution in [2.75, 3.05) is 32.8 Å². The second kappa shape index (κ2) is 10.7. The van der Waals surface area contributed by atoms with Crippen molar-refractivity contribution in [2.45, 2.75) is 52.2 Å². The summed E-state index contributed by atoms with van der Waals surface area (Å²) in [4.78, 5) is 7.41. The summed E-state index contributed by atoms with van der Waals surface area (Å²) in [6.07, 6.45) is 3.36. The largest absolute Gasteiger partial charge is 0.490 e. The smallest absolute Gasteiger partial charge is 0.192 e. The molecule has 0 saturated carbocycles. The van der Waals surface area contributed by atoms with Crippen LogP contribution in [0.25, 0.3) is 0 Å². The van der Waals surface area contributed by atoms with E-state index in [0.717, 1.165) is 54.2 Å². The third-order valence-electron chi connectivity index (χ3n) is 6.27. The number of rotatable bonds is 7. The van der Waals surface area contributed by atoms with Crippen molar-refractivity contribution in [2.24, 2.45) is 12.0 Å². The third kappa shape index (κ3) is 5.32. The molecule has 1 aromatic carbocycles. The average Bonchev–Trinajstić information content (AvgIpc) is 3.30. The van der Waals surface area contributed by atoms with Crippen LogP contribution in [0.5, 0.6) is 11.5 Å². The Labute approximate surface area is 190 Å². The first-order valence-electron chi connectivity index (χ1n) is 11.6. The summed E-state index contributed by atoms with van der Waals surface area (Å²) < 4.78 is 13.8. The van der Waals surface area contributed by atoms with Gasteiger partial charge in [0.05, 0.1) is 26.3 Å². The van der Waals surface area contributed by atoms with Crippen molar-refractivity contribution in [1.29, 1.82) is 0 Å². The molecule has 1 unspecified atom stereocenters. The van der Waals surface area contributed by atoms with Gasteiger partial charge in [-0.3, -0.25) is 4.90 Å². The fraction of sp³-hybridized carbons (Fsp3) is 0.609. The molecule has 9 heteroatoms. The monoisotopic (exact) mass is 441 g/mol. The van der Waals surface area contributed by atoms with Gasteiger partial charge in [-0.2, -0.15) is 0 Å². The minimum Gasteiger partial charge on any atom is -0.490 e. The van der Waals surface area contributed by atoms with E-state index in [0.29, 0.717) is 32.3 Å². The lowest BCUT2D eigenvalue weighted by Gasteiger charge is -2.24. The molecule has 2 aliphatic heterocycles. The van der Waals surface area contributed by atoms with Crippen molar-refractivity contribution >= 4 is 5.96 Å². The Morgan fingerprint density at radius 3 is 2.88 bits per heavy atom. The van der Waals surface area contributed by atoms with Gasteiger partial charge in [-0.15, -0.1) is 10.2 Å². The Balaban J connectivity index is 1.47. The molecule has 1 aromatic heterocycles. The van der Waals surface area contributed by atoms with Crippen LogP contribution < -0.4 is 20.1 Å². The van der Waals surface area contributed by atoms with Gasteiger partial charge in [0.1, 0.15) is 5.82 Å². The molecular weight excluding hydrogens is 406 g/mol. The van der Waals surface area contributed by atoms with Crippen molar-refractivity contribution in [1.82, 2.24) is 30.3 Å². The standard InChI is InChI=1S/C23H35N7O2/c1-4-30-11-6-9-19(30)15-25-23(26-16-21-28-27-17(2)29(21)3)24-14-18-8-5-10-20-22(18)32-13-7-12-31-20/h5,8,10,19H,4,6-7,9,11-16H2,1-3H3,(H2,24,25,26). The molecule has 174 valence electrons. The topological polar surface area (TPSA) is 88.8 Å². The van der Waals surface area contributed by atoms with E-state index >= 15 is 0 Å². The molecule has 4 rings (SSSR count). The predicted octanol–water partition coefficient (Wildman–Crippen LogP) is 2.00. The van der Waals surface area contributed by atoms with E-state index in [1.165, 1.54) is 19.4 Å². The highest BCUT2D eigenvalue weighted by atomic mass is 16.5. The van der Waals surface area contributed by atoms with Crippen molar-refractivity contribution in [3.05, 3.63) is 35.4 Å². The first-order chi connectivity index (χ1) is 15.7. The molecule has 2 aromatic rings. The Kier molecular flexibility index (Phi) is 7.47. The molecule has 2 N–H and O–H groups in total. The number of hydrogen-bond acceptors (Lipinski definition) is 6. The van der Waals surface area contributed by atoms with Gasteiger partial charge in [0.15, 0.2) is 23.3 Å². The quantitative estimate of drug-likeness (QED) is 0.502. The first-order valence-corrected chi connectivity index (χ1v) is 11.6. The highest BCUT2D eigenvalue weighted by Crippen LogP contribution is 2.33. The van der Waals surface area contributed by atoms with E-state index in [1.54, 1.807) is 0 Å². The maximum absolute atomic E-state index is 5.97. The highest BCUT2D eigenvalue weighted by molar-refractivity contribution is 5.79. The van der Waals surface area contributed by atoms with Crippen LogP contribution in [-0.2, 0) is 20.1 Å². The fourth-order valence-electron chi connectivity index (χ4n) is 4.24. The Hall–Kier alpha value is -2.81. The molecule has 32 heavy (non-hydrogen) atoms. The molecule has 9 nitrogen and oxygen atoms in total. The lowest BCUT2D eigenvalue weighted by Crippen LogP contribution is -2.44. The molecule has 0 radical (unpaired) electrons. The van der Waals surface area contributed by atoms with E-state index in [2.05, 4.69) is 38.7 Å². The second-order valence-electron chi connectivity index (χ2n) is 8.34. The SMILES string of the molecule is CCN1CCCC1CNC(=NCc1cccc2c1OCCCO2)NCc1nnc(C)n1C. The first kappa shape index (κ1) is 22.4. The Morgan fingerprint density at radius 1 is 1.19 bits per heavy atom. The molecule has 1 atom stereocenters. The Bertz CT molecular complexity index is 927. The number of likely N-dealkylation sites (N-methyl/N-ethyl adjacent to an activating group) is 1. The van der Waals surface area contributed by atoms with Crippen LogP contribution in [-0.4, -0.2) is 64.5 Å². The minimum atomic E-state index is 0.502. The summed E-state index contributed by atoms with van der Waals surface area (Å²) in [7, 11) is 1.98. The van der Waals surface area contributed by atoms with Crippen LogP contribution in [0.3, 0.4) is 0 Å². The normalized spacial score (nSPS) is 19.1. The number of benzene rings is 1. The number of aryl methyl sites for hydroxylation is 1. The van der Waals surface area contributed by atoms with Crippen molar-refractivity contribution < 1.29 is 9.47 Å². The average molecular weight is 442 g/mol. The zero-order valence-electron chi connectivity index (χ0n) is 19.4. The van der Waals surface area contributed by atoms with E-state index in [1.807, 2.05) is 30.7 Å². The maximum atomic E-state index is 5.97. The fourth-order valence-corrected chi connectivity index (χ4v) is 4.24. The number of guanidine groups is 1. The molecule has 0 spiro atoms. The Morgan fingerprint density at radius 2 is 2.06 bits per heavy atom. The summed E-state index contributed by atoms with van der Waals surface area (Å²) in [5.41, 5.74) is 1.02. The van der Waals surface area contributed by atoms with Gasteiger partial charge >= 0.3 is 0 Å². The summed E-state index contributed by atoms with van der Waals surface area (Å²) >= 11 is 0. The maximum Gasteiger partial charge on any atom is 0.192 e. The number of nitrogens with one attached hydrogen (secondary N) is 2. The van der Waals surface area contributed by atoms with Gasteiger partial charge in [-0.25, -0.2) is 4.99 Å². The number of hydrogen-bond donors (Lipinski definition) is 2. The van der Waals surface area contributed by atoms with Crippen molar-refractivity contribution in [3.8, 4) is 11.5 Å². The van der Waals surface area contributed by atoms with Gasteiger partial charge in [-0.1, -0.05) is 19.1 Å². The summed E-state index contributed by atoms with van der Waals surface area (Å²) in [5.74, 6) is 4.14. The predicted molar refractivity (Wildman–Crippen MR) is 124 cm³/mol. The molecule has 1 fully saturated rings. The van der Waals surface area contributed by atoms with Gasteiger partial charge in [0.25, 0.3) is 0 Å². The molecule has 2 aliphatic rings. The van der Waals surface area contributed by atoms with Crippen LogP contribution in [0.2, 0.25) is 0 Å². The van der Waals surface area contributed by atoms with Crippen LogP contribution >= 0.6 is 0 Å². The number of nitrogens with zero attached hydrogens (tertiary/aromatic N) is 5. The number of likely N-dealkylation sites (tertiary alicyclic amines) is 1. The number of aromatic nitrogens is 3. The van der Waals surface area contributed by atoms with Gasteiger partial charge in [0, 0.05) is 31.6 Å². The molecule has 0 aliphatic carbocycles. The van der Waals surface area contributed by atoms with Crippen LogP contribution in [0, 0.1) is 6.92 Å². The summed E-state index contributed by atoms with van der Waals surface area (Å²) in [6.45, 7) is 9.70. The molecule has 1 saturated heterocycles. The molecule has 3 heterocycles. The third-order valence-corrected chi connectivity index (χ3v) is 6.27. The summed E-state index contributed by atoms with van der Waals surface area (Å²) in [5, 5.41) is 15.4. The van der Waals surface area contributed by atoms with Crippen LogP contribution in [0.4, 0.5) is 0 Å². The molecule has 0 bridgehead atoms. The van der Waals surface area contributed by atoms with Crippen LogP contribution in [0.1, 0.15) is 43.4 Å². The van der Waals surface area contributed by atoms with Gasteiger partial charge in [-0.05, 0) is 38.9 Å². The van der Waals surface area contributed by atoms with E-state index < -0.39 is 0 Å². The molecule has 0 amide bonds. The van der Waals surface area contributed by atoms with E-state index in [9.17, 15) is 0 Å². The zero-order chi connectivity index (χ0) is 22.3. The number of ether oxygens (including phenoxy) is 2. The second-order valence-corrected chi connectivity index (χ2v) is 8.34.